The Morgan fingerprint density at radius 1 is 1.26 bits per heavy atom. The number of hydrogen-bond donors (Lipinski definition) is 1. The highest BCUT2D eigenvalue weighted by Gasteiger charge is 2.33. The third-order valence-corrected chi connectivity index (χ3v) is 4.83. The number of hydrogen-bond acceptors (Lipinski definition) is 4. The molecular formula is C19H20FN3O3S. The molecule has 3 rings (SSSR count). The highest BCUT2D eigenvalue weighted by atomic mass is 32.2. The van der Waals surface area contributed by atoms with Gasteiger partial charge in [0, 0.05) is 18.4 Å². The van der Waals surface area contributed by atoms with Crippen molar-refractivity contribution in [2.24, 2.45) is 5.10 Å². The molecule has 8 heteroatoms. The summed E-state index contributed by atoms with van der Waals surface area (Å²) in [7, 11) is -3.47. The maximum atomic E-state index is 13.7. The summed E-state index contributed by atoms with van der Waals surface area (Å²) in [5.41, 5.74) is 2.19. The minimum absolute atomic E-state index is 0.187. The first-order valence-corrected chi connectivity index (χ1v) is 10.4. The second-order valence-electron chi connectivity index (χ2n) is 6.33. The summed E-state index contributed by atoms with van der Waals surface area (Å²) in [5, 5.41) is 5.81. The predicted octanol–water partition coefficient (Wildman–Crippen LogP) is 3.28. The Balaban J connectivity index is 2.02. The SMILES string of the molecule is CCC(=O)N1N=C(c2ccccc2NS(C)(=O)=O)CC1c1cccc(F)c1. The van der Waals surface area contributed by atoms with Gasteiger partial charge in [0.15, 0.2) is 0 Å². The van der Waals surface area contributed by atoms with Crippen LogP contribution in [0.4, 0.5) is 10.1 Å². The van der Waals surface area contributed by atoms with Crippen molar-refractivity contribution in [3.05, 3.63) is 65.5 Å². The van der Waals surface area contributed by atoms with E-state index in [1.807, 2.05) is 0 Å². The average molecular weight is 389 g/mol. The van der Waals surface area contributed by atoms with E-state index in [1.165, 1.54) is 17.1 Å². The Morgan fingerprint density at radius 3 is 2.67 bits per heavy atom. The molecule has 0 saturated heterocycles. The number of halogens is 1. The highest BCUT2D eigenvalue weighted by Crippen LogP contribution is 2.35. The number of amides is 1. The summed E-state index contributed by atoms with van der Waals surface area (Å²) in [4.78, 5) is 12.4. The molecule has 1 aliphatic heterocycles. The van der Waals surface area contributed by atoms with Crippen molar-refractivity contribution in [2.75, 3.05) is 11.0 Å². The van der Waals surface area contributed by atoms with Crippen LogP contribution in [0.1, 0.15) is 36.9 Å². The van der Waals surface area contributed by atoms with Crippen molar-refractivity contribution in [1.29, 1.82) is 0 Å². The van der Waals surface area contributed by atoms with Gasteiger partial charge in [0.05, 0.1) is 23.7 Å². The molecule has 0 spiro atoms. The monoisotopic (exact) mass is 389 g/mol. The number of nitrogens with zero attached hydrogens (tertiary/aromatic N) is 2. The number of benzene rings is 2. The molecule has 0 fully saturated rings. The maximum Gasteiger partial charge on any atom is 0.242 e. The fraction of sp³-hybridized carbons (Fsp3) is 0.263. The van der Waals surface area contributed by atoms with Crippen LogP contribution in [0.15, 0.2) is 53.6 Å². The largest absolute Gasteiger partial charge is 0.283 e. The van der Waals surface area contributed by atoms with Crippen molar-refractivity contribution in [2.45, 2.75) is 25.8 Å². The topological polar surface area (TPSA) is 78.8 Å². The number of carbonyl (C=O) groups excluding carboxylic acids is 1. The molecule has 0 saturated carbocycles. The van der Waals surface area contributed by atoms with Gasteiger partial charge in [0.2, 0.25) is 15.9 Å². The summed E-state index contributed by atoms with van der Waals surface area (Å²) in [6.45, 7) is 1.73. The van der Waals surface area contributed by atoms with Gasteiger partial charge in [0.1, 0.15) is 5.82 Å². The van der Waals surface area contributed by atoms with Gasteiger partial charge in [-0.1, -0.05) is 37.3 Å². The molecule has 1 heterocycles. The Hall–Kier alpha value is -2.74. The fourth-order valence-corrected chi connectivity index (χ4v) is 3.64. The third kappa shape index (κ3) is 4.33. The van der Waals surface area contributed by atoms with E-state index in [0.29, 0.717) is 28.9 Å². The first kappa shape index (κ1) is 19.0. The third-order valence-electron chi connectivity index (χ3n) is 4.24. The van der Waals surface area contributed by atoms with E-state index >= 15 is 0 Å². The summed E-state index contributed by atoms with van der Waals surface area (Å²) in [6.07, 6.45) is 1.69. The van der Waals surface area contributed by atoms with Gasteiger partial charge >= 0.3 is 0 Å². The summed E-state index contributed by atoms with van der Waals surface area (Å²) in [5.74, 6) is -0.572. The number of hydrazone groups is 1. The van der Waals surface area contributed by atoms with E-state index in [0.717, 1.165) is 6.26 Å². The van der Waals surface area contributed by atoms with E-state index in [1.54, 1.807) is 43.3 Å². The van der Waals surface area contributed by atoms with Gasteiger partial charge in [-0.25, -0.2) is 17.8 Å². The van der Waals surface area contributed by atoms with E-state index in [9.17, 15) is 17.6 Å². The lowest BCUT2D eigenvalue weighted by molar-refractivity contribution is -0.132. The molecule has 2 aromatic carbocycles. The number of nitrogens with one attached hydrogen (secondary N) is 1. The van der Waals surface area contributed by atoms with Gasteiger partial charge in [-0.05, 0) is 23.8 Å². The van der Waals surface area contributed by atoms with E-state index in [-0.39, 0.29) is 18.1 Å². The maximum absolute atomic E-state index is 13.7. The Morgan fingerprint density at radius 2 is 2.00 bits per heavy atom. The zero-order valence-corrected chi connectivity index (χ0v) is 15.8. The predicted molar refractivity (Wildman–Crippen MR) is 102 cm³/mol. The summed E-state index contributed by atoms with van der Waals surface area (Å²) < 4.78 is 39.5. The number of rotatable bonds is 5. The number of sulfonamides is 1. The second-order valence-corrected chi connectivity index (χ2v) is 8.08. The number of anilines is 1. The zero-order valence-electron chi connectivity index (χ0n) is 15.0. The van der Waals surface area contributed by atoms with Crippen molar-refractivity contribution in [1.82, 2.24) is 5.01 Å². The molecule has 1 aliphatic rings. The first-order valence-electron chi connectivity index (χ1n) is 8.50. The van der Waals surface area contributed by atoms with Crippen LogP contribution < -0.4 is 4.72 Å². The van der Waals surface area contributed by atoms with Crippen LogP contribution in [-0.4, -0.2) is 31.3 Å². The van der Waals surface area contributed by atoms with Crippen molar-refractivity contribution in [3.8, 4) is 0 Å². The average Bonchev–Trinajstić information content (AvgIpc) is 3.05. The zero-order chi connectivity index (χ0) is 19.6. The van der Waals surface area contributed by atoms with E-state index in [2.05, 4.69) is 9.82 Å². The first-order chi connectivity index (χ1) is 12.8. The number of para-hydroxylation sites is 1. The standard InChI is InChI=1S/C19H20FN3O3S/c1-3-19(24)23-18(13-7-6-8-14(20)11-13)12-17(21-23)15-9-4-5-10-16(15)22-27(2,25)26/h4-11,18,22H,3,12H2,1-2H3. The molecule has 0 radical (unpaired) electrons. The minimum Gasteiger partial charge on any atom is -0.283 e. The highest BCUT2D eigenvalue weighted by molar-refractivity contribution is 7.92. The van der Waals surface area contributed by atoms with Crippen LogP contribution in [0.2, 0.25) is 0 Å². The van der Waals surface area contributed by atoms with E-state index < -0.39 is 16.1 Å². The van der Waals surface area contributed by atoms with Gasteiger partial charge in [0.25, 0.3) is 0 Å². The van der Waals surface area contributed by atoms with Crippen molar-refractivity contribution in [3.63, 3.8) is 0 Å². The molecule has 0 aromatic heterocycles. The molecule has 1 atom stereocenters. The smallest absolute Gasteiger partial charge is 0.242 e. The van der Waals surface area contributed by atoms with E-state index in [4.69, 9.17) is 0 Å². The van der Waals surface area contributed by atoms with Crippen LogP contribution >= 0.6 is 0 Å². The van der Waals surface area contributed by atoms with Crippen LogP contribution in [0.5, 0.6) is 0 Å². The molecule has 1 N–H and O–H groups in total. The lowest BCUT2D eigenvalue weighted by Crippen LogP contribution is -2.26. The van der Waals surface area contributed by atoms with Crippen molar-refractivity contribution < 1.29 is 17.6 Å². The molecule has 1 unspecified atom stereocenters. The van der Waals surface area contributed by atoms with Gasteiger partial charge < -0.3 is 0 Å². The number of carbonyl (C=O) groups is 1. The second kappa shape index (κ2) is 7.48. The fourth-order valence-electron chi connectivity index (χ4n) is 3.06. The van der Waals surface area contributed by atoms with Crippen LogP contribution in [0, 0.1) is 5.82 Å². The van der Waals surface area contributed by atoms with Gasteiger partial charge in [-0.2, -0.15) is 5.10 Å². The Labute approximate surface area is 157 Å². The van der Waals surface area contributed by atoms with Gasteiger partial charge in [-0.15, -0.1) is 0 Å². The quantitative estimate of drug-likeness (QED) is 0.852. The lowest BCUT2D eigenvalue weighted by Gasteiger charge is -2.21. The molecule has 2 aromatic rings. The lowest BCUT2D eigenvalue weighted by atomic mass is 9.97. The minimum atomic E-state index is -3.47. The molecular weight excluding hydrogens is 369 g/mol. The molecule has 1 amide bonds. The van der Waals surface area contributed by atoms with Crippen LogP contribution in [0.25, 0.3) is 0 Å². The molecule has 0 aliphatic carbocycles. The summed E-state index contributed by atoms with van der Waals surface area (Å²) >= 11 is 0. The van der Waals surface area contributed by atoms with Gasteiger partial charge in [-0.3, -0.25) is 9.52 Å². The van der Waals surface area contributed by atoms with Crippen LogP contribution in [0.3, 0.4) is 0 Å². The molecule has 27 heavy (non-hydrogen) atoms. The molecule has 142 valence electrons. The Kier molecular flexibility index (Phi) is 5.27. The van der Waals surface area contributed by atoms with Crippen molar-refractivity contribution >= 4 is 27.3 Å². The molecule has 6 nitrogen and oxygen atoms in total. The molecule has 0 bridgehead atoms. The summed E-state index contributed by atoms with van der Waals surface area (Å²) in [6, 6.07) is 12.5. The Bertz CT molecular complexity index is 1000. The van der Waals surface area contributed by atoms with Crippen LogP contribution in [-0.2, 0) is 14.8 Å². The normalized spacial score (nSPS) is 16.9.